The lowest BCUT2D eigenvalue weighted by Crippen LogP contribution is -2.66. The molecule has 3 aliphatic rings. The Morgan fingerprint density at radius 1 is 1.00 bits per heavy atom. The second-order valence-corrected chi connectivity index (χ2v) is 14.6. The van der Waals surface area contributed by atoms with Crippen LogP contribution >= 0.6 is 0 Å². The van der Waals surface area contributed by atoms with Crippen LogP contribution in [0.15, 0.2) is 24.9 Å². The van der Waals surface area contributed by atoms with Gasteiger partial charge in [-0.15, -0.1) is 0 Å². The van der Waals surface area contributed by atoms with Gasteiger partial charge in [-0.1, -0.05) is 13.8 Å². The van der Waals surface area contributed by atoms with Crippen LogP contribution in [0.1, 0.15) is 52.3 Å². The summed E-state index contributed by atoms with van der Waals surface area (Å²) in [6, 6.07) is -0.455. The number of sulfone groups is 1. The monoisotopic (exact) mass is 592 g/mol. The van der Waals surface area contributed by atoms with Crippen molar-refractivity contribution in [2.75, 3.05) is 35.2 Å². The molecule has 3 aliphatic heterocycles. The highest BCUT2D eigenvalue weighted by Gasteiger charge is 2.57. The number of piperazine rings is 1. The minimum Gasteiger partial charge on any atom is -0.350 e. The van der Waals surface area contributed by atoms with Gasteiger partial charge in [-0.2, -0.15) is 13.2 Å². The van der Waals surface area contributed by atoms with Crippen LogP contribution in [-0.4, -0.2) is 85.8 Å². The summed E-state index contributed by atoms with van der Waals surface area (Å²) in [4.78, 5) is 36.4. The molecule has 0 aliphatic carbocycles. The molecule has 0 saturated carbocycles. The summed E-state index contributed by atoms with van der Waals surface area (Å²) in [7, 11) is -3.46. The van der Waals surface area contributed by atoms with Crippen molar-refractivity contribution >= 4 is 38.8 Å². The van der Waals surface area contributed by atoms with E-state index in [1.54, 1.807) is 9.80 Å². The van der Waals surface area contributed by atoms with Crippen molar-refractivity contribution in [3.63, 3.8) is 0 Å². The highest BCUT2D eigenvalue weighted by atomic mass is 32.2. The summed E-state index contributed by atoms with van der Waals surface area (Å²) in [6.45, 7) is 10.6. The van der Waals surface area contributed by atoms with E-state index < -0.39 is 31.9 Å². The lowest BCUT2D eigenvalue weighted by Gasteiger charge is -2.49. The number of hydrogen-bond donors (Lipinski definition) is 0. The summed E-state index contributed by atoms with van der Waals surface area (Å²) in [5, 5.41) is 0. The zero-order valence-corrected chi connectivity index (χ0v) is 24.2. The van der Waals surface area contributed by atoms with E-state index >= 15 is 0 Å². The maximum Gasteiger partial charge on any atom is 0.433 e. The van der Waals surface area contributed by atoms with E-state index in [1.807, 2.05) is 27.7 Å². The number of hydrogen-bond acceptors (Lipinski definition) is 9. The van der Waals surface area contributed by atoms with E-state index in [9.17, 15) is 26.4 Å². The number of amides is 1. The van der Waals surface area contributed by atoms with Crippen molar-refractivity contribution in [1.29, 1.82) is 0 Å². The first kappa shape index (κ1) is 27.7. The van der Waals surface area contributed by atoms with Gasteiger partial charge < -0.3 is 14.7 Å². The summed E-state index contributed by atoms with van der Waals surface area (Å²) in [5.74, 6) is 1.19. The van der Waals surface area contributed by atoms with Crippen molar-refractivity contribution < 1.29 is 26.4 Å². The predicted molar refractivity (Wildman–Crippen MR) is 145 cm³/mol. The van der Waals surface area contributed by atoms with E-state index in [4.69, 9.17) is 0 Å². The Kier molecular flexibility index (Phi) is 5.91. The largest absolute Gasteiger partial charge is 0.433 e. The molecule has 3 atom stereocenters. The molecule has 6 heterocycles. The fourth-order valence-electron chi connectivity index (χ4n) is 6.19. The van der Waals surface area contributed by atoms with E-state index in [0.29, 0.717) is 43.5 Å². The van der Waals surface area contributed by atoms with Crippen LogP contribution in [0.5, 0.6) is 0 Å². The molecule has 0 aromatic carbocycles. The Labute approximate surface area is 235 Å². The van der Waals surface area contributed by atoms with Gasteiger partial charge in [0.1, 0.15) is 28.4 Å². The molecular weight excluding hydrogens is 561 g/mol. The number of carbonyl (C=O) groups is 1. The molecule has 220 valence electrons. The van der Waals surface area contributed by atoms with Gasteiger partial charge in [0.05, 0.1) is 24.3 Å². The van der Waals surface area contributed by atoms with Crippen LogP contribution in [0.4, 0.5) is 30.6 Å². The molecular formula is C26H31F3N8O3S. The zero-order chi connectivity index (χ0) is 29.7. The summed E-state index contributed by atoms with van der Waals surface area (Å²) in [5.41, 5.74) is -0.469. The van der Waals surface area contributed by atoms with Crippen LogP contribution < -0.4 is 9.80 Å². The number of fused-ring (bicyclic) bond motifs is 2. The van der Waals surface area contributed by atoms with Crippen LogP contribution in [0, 0.1) is 0 Å². The van der Waals surface area contributed by atoms with Gasteiger partial charge >= 0.3 is 6.18 Å². The standard InChI is InChI=1S/C26H31F3N8O3S/c1-15-11-35(23(38)25(5)6-7-41(25,39)40)16(2)10-34(15)21-20-22(33-14-32-21)37(13-24(20,3)4)19-12-36-17(26(27,28)29)8-30-18(36)9-31-19/h8-9,12,14-16H,6-7,10-11,13H2,1-5H3/t15-,16+,25?/m0/s1. The molecule has 0 radical (unpaired) electrons. The number of imidazole rings is 1. The molecule has 2 saturated heterocycles. The lowest BCUT2D eigenvalue weighted by atomic mass is 9.87. The van der Waals surface area contributed by atoms with Crippen molar-refractivity contribution in [3.8, 4) is 0 Å². The van der Waals surface area contributed by atoms with E-state index in [2.05, 4.69) is 24.8 Å². The molecule has 1 amide bonds. The number of alkyl halides is 3. The molecule has 0 N–H and O–H groups in total. The molecule has 2 fully saturated rings. The second kappa shape index (κ2) is 8.76. The molecule has 41 heavy (non-hydrogen) atoms. The third-order valence-corrected chi connectivity index (χ3v) is 11.2. The Morgan fingerprint density at radius 3 is 2.34 bits per heavy atom. The molecule has 15 heteroatoms. The van der Waals surface area contributed by atoms with E-state index in [-0.39, 0.29) is 29.4 Å². The van der Waals surface area contributed by atoms with Gasteiger partial charge in [-0.05, 0) is 27.2 Å². The minimum absolute atomic E-state index is 0.0257. The fraction of sp³-hybridized carbons (Fsp3) is 0.577. The molecule has 11 nitrogen and oxygen atoms in total. The first-order valence-electron chi connectivity index (χ1n) is 13.4. The van der Waals surface area contributed by atoms with Gasteiger partial charge in [-0.3, -0.25) is 9.20 Å². The summed E-state index contributed by atoms with van der Waals surface area (Å²) >= 11 is 0. The molecule has 3 aromatic rings. The third kappa shape index (κ3) is 4.06. The smallest absolute Gasteiger partial charge is 0.350 e. The average molecular weight is 593 g/mol. The minimum atomic E-state index is -4.58. The van der Waals surface area contributed by atoms with Gasteiger partial charge in [0.15, 0.2) is 21.3 Å². The van der Waals surface area contributed by atoms with Crippen molar-refractivity contribution in [2.24, 2.45) is 0 Å². The number of aromatic nitrogens is 5. The highest BCUT2D eigenvalue weighted by molar-refractivity contribution is 7.95. The quantitative estimate of drug-likeness (QED) is 0.453. The number of rotatable bonds is 3. The van der Waals surface area contributed by atoms with Crippen molar-refractivity contribution in [3.05, 3.63) is 36.2 Å². The first-order chi connectivity index (χ1) is 19.0. The Morgan fingerprint density at radius 2 is 1.71 bits per heavy atom. The molecule has 0 bridgehead atoms. The van der Waals surface area contributed by atoms with Crippen LogP contribution in [-0.2, 0) is 26.2 Å². The van der Waals surface area contributed by atoms with Crippen molar-refractivity contribution in [1.82, 2.24) is 29.2 Å². The normalized spacial score (nSPS) is 27.2. The number of halogens is 3. The predicted octanol–water partition coefficient (Wildman–Crippen LogP) is 2.97. The zero-order valence-electron chi connectivity index (χ0n) is 23.3. The SMILES string of the molecule is C[C@@H]1CN(c2ncnc3c2C(C)(C)CN3c2cn3c(C(F)(F)F)cnc3cn2)[C@@H](C)CN1C(=O)C1(C)CCS1(=O)=O. The number of anilines is 3. The summed E-state index contributed by atoms with van der Waals surface area (Å²) in [6.07, 6.45) is 0.587. The molecule has 6 rings (SSSR count). The lowest BCUT2D eigenvalue weighted by molar-refractivity contribution is -0.141. The topological polar surface area (TPSA) is 117 Å². The van der Waals surface area contributed by atoms with Crippen LogP contribution in [0.3, 0.4) is 0 Å². The maximum absolute atomic E-state index is 13.6. The number of carbonyl (C=O) groups excluding carboxylic acids is 1. The van der Waals surface area contributed by atoms with Crippen LogP contribution in [0.25, 0.3) is 5.65 Å². The highest BCUT2D eigenvalue weighted by Crippen LogP contribution is 2.47. The summed E-state index contributed by atoms with van der Waals surface area (Å²) < 4.78 is 65.2. The average Bonchev–Trinajstić information content (AvgIpc) is 3.46. The van der Waals surface area contributed by atoms with Gasteiger partial charge in [-0.25, -0.2) is 28.4 Å². The fourth-order valence-corrected chi connectivity index (χ4v) is 7.72. The molecule has 3 aromatic heterocycles. The van der Waals surface area contributed by atoms with E-state index in [0.717, 1.165) is 16.2 Å². The van der Waals surface area contributed by atoms with Gasteiger partial charge in [0, 0.05) is 42.7 Å². The second-order valence-electron chi connectivity index (χ2n) is 12.1. The van der Waals surface area contributed by atoms with Crippen molar-refractivity contribution in [2.45, 2.75) is 69.5 Å². The van der Waals surface area contributed by atoms with Gasteiger partial charge in [0.25, 0.3) is 0 Å². The Hall–Kier alpha value is -3.49. The molecule has 1 unspecified atom stereocenters. The van der Waals surface area contributed by atoms with Crippen LogP contribution in [0.2, 0.25) is 0 Å². The Balaban J connectivity index is 1.34. The number of nitrogens with zero attached hydrogens (tertiary/aromatic N) is 8. The maximum atomic E-state index is 13.6. The van der Waals surface area contributed by atoms with Gasteiger partial charge in [0.2, 0.25) is 5.91 Å². The van der Waals surface area contributed by atoms with E-state index in [1.165, 1.54) is 25.6 Å². The third-order valence-electron chi connectivity index (χ3n) is 8.75. The first-order valence-corrected chi connectivity index (χ1v) is 15.0. The Bertz CT molecular complexity index is 1670. The molecule has 0 spiro atoms.